The van der Waals surface area contributed by atoms with Crippen LogP contribution in [0.2, 0.25) is 0 Å². The Balaban J connectivity index is 2.22. The molecule has 1 atom stereocenters. The Bertz CT molecular complexity index is 850. The first-order chi connectivity index (χ1) is 13.3. The molecule has 2 rings (SSSR count). The summed E-state index contributed by atoms with van der Waals surface area (Å²) in [5, 5.41) is 3.48. The lowest BCUT2D eigenvalue weighted by molar-refractivity contribution is -0.119. The highest BCUT2D eigenvalue weighted by molar-refractivity contribution is 7.99. The van der Waals surface area contributed by atoms with E-state index >= 15 is 0 Å². The number of carbonyl (C=O) groups excluding carboxylic acids is 1. The van der Waals surface area contributed by atoms with Gasteiger partial charge in [0.2, 0.25) is 5.91 Å². The third-order valence-electron chi connectivity index (χ3n) is 4.65. The predicted octanol–water partition coefficient (Wildman–Crippen LogP) is 2.77. The van der Waals surface area contributed by atoms with Gasteiger partial charge in [0.05, 0.1) is 18.1 Å². The van der Waals surface area contributed by atoms with Crippen LogP contribution in [0, 0.1) is 5.92 Å². The van der Waals surface area contributed by atoms with Crippen LogP contribution in [0.5, 0.6) is 0 Å². The second-order valence-electron chi connectivity index (χ2n) is 7.17. The maximum atomic E-state index is 13.0. The van der Waals surface area contributed by atoms with Gasteiger partial charge in [-0.2, -0.15) is 0 Å². The van der Waals surface area contributed by atoms with Crippen molar-refractivity contribution in [1.82, 2.24) is 14.9 Å². The van der Waals surface area contributed by atoms with Crippen molar-refractivity contribution in [3.05, 3.63) is 57.5 Å². The Kier molecular flexibility index (Phi) is 8.26. The number of nitrogens with one attached hydrogen (secondary N) is 1. The average molecular weight is 404 g/mol. The van der Waals surface area contributed by atoms with Crippen LogP contribution in [0.1, 0.15) is 37.6 Å². The summed E-state index contributed by atoms with van der Waals surface area (Å²) in [4.78, 5) is 29.8. The number of ether oxygens (including phenoxy) is 1. The third kappa shape index (κ3) is 5.94. The summed E-state index contributed by atoms with van der Waals surface area (Å²) in [7, 11) is 3.27. The van der Waals surface area contributed by atoms with Gasteiger partial charge in [-0.15, -0.1) is 0 Å². The fraction of sp³-hybridized carbons (Fsp3) is 0.476. The normalized spacial score (nSPS) is 12.2. The van der Waals surface area contributed by atoms with E-state index in [1.807, 2.05) is 37.3 Å². The van der Waals surface area contributed by atoms with Crippen LogP contribution < -0.4 is 10.9 Å². The molecule has 6 nitrogen and oxygen atoms in total. The monoisotopic (exact) mass is 403 g/mol. The number of carbonyl (C=O) groups is 1. The lowest BCUT2D eigenvalue weighted by Gasteiger charge is -2.17. The largest absolute Gasteiger partial charge is 0.378 e. The van der Waals surface area contributed by atoms with Crippen LogP contribution in [0.25, 0.3) is 0 Å². The van der Waals surface area contributed by atoms with E-state index in [1.54, 1.807) is 14.2 Å². The molecule has 1 amide bonds. The van der Waals surface area contributed by atoms with Crippen molar-refractivity contribution in [3.8, 4) is 0 Å². The summed E-state index contributed by atoms with van der Waals surface area (Å²) in [6.45, 7) is 6.36. The van der Waals surface area contributed by atoms with Crippen molar-refractivity contribution in [2.75, 3.05) is 12.9 Å². The molecule has 0 aliphatic carbocycles. The lowest BCUT2D eigenvalue weighted by atomic mass is 10.0. The zero-order valence-electron chi connectivity index (χ0n) is 17.2. The van der Waals surface area contributed by atoms with Gasteiger partial charge in [0.15, 0.2) is 5.16 Å². The summed E-state index contributed by atoms with van der Waals surface area (Å²) in [6, 6.07) is 9.91. The van der Waals surface area contributed by atoms with E-state index in [9.17, 15) is 9.59 Å². The summed E-state index contributed by atoms with van der Waals surface area (Å²) in [6.07, 6.45) is 0.497. The van der Waals surface area contributed by atoms with Gasteiger partial charge in [0.1, 0.15) is 0 Å². The minimum Gasteiger partial charge on any atom is -0.378 e. The van der Waals surface area contributed by atoms with E-state index < -0.39 is 0 Å². The number of rotatable bonds is 9. The Labute approximate surface area is 170 Å². The quantitative estimate of drug-likeness (QED) is 0.515. The summed E-state index contributed by atoms with van der Waals surface area (Å²) in [5.74, 6) is 0.506. The van der Waals surface area contributed by atoms with E-state index in [2.05, 4.69) is 24.1 Å². The van der Waals surface area contributed by atoms with Crippen LogP contribution in [-0.2, 0) is 29.6 Å². The molecular formula is C21H29N3O3S. The molecule has 0 saturated heterocycles. The summed E-state index contributed by atoms with van der Waals surface area (Å²) < 4.78 is 6.78. The molecule has 1 heterocycles. The zero-order valence-corrected chi connectivity index (χ0v) is 18.0. The van der Waals surface area contributed by atoms with Crippen molar-refractivity contribution < 1.29 is 9.53 Å². The van der Waals surface area contributed by atoms with Gasteiger partial charge in [-0.3, -0.25) is 14.2 Å². The minimum atomic E-state index is -0.107. The second kappa shape index (κ2) is 10.4. The minimum absolute atomic E-state index is 0.0675. The van der Waals surface area contributed by atoms with E-state index in [0.29, 0.717) is 28.8 Å². The van der Waals surface area contributed by atoms with Crippen LogP contribution >= 0.6 is 11.8 Å². The predicted molar refractivity (Wildman–Crippen MR) is 113 cm³/mol. The Morgan fingerprint density at radius 2 is 1.93 bits per heavy atom. The number of thioether (sulfide) groups is 1. The molecule has 1 aromatic heterocycles. The number of methoxy groups -OCH3 is 1. The number of hydrogen-bond donors (Lipinski definition) is 1. The Morgan fingerprint density at radius 1 is 1.25 bits per heavy atom. The highest BCUT2D eigenvalue weighted by Crippen LogP contribution is 2.18. The average Bonchev–Trinajstić information content (AvgIpc) is 2.67. The third-order valence-corrected chi connectivity index (χ3v) is 5.68. The number of amides is 1. The van der Waals surface area contributed by atoms with Gasteiger partial charge in [-0.1, -0.05) is 55.9 Å². The molecule has 28 heavy (non-hydrogen) atoms. The molecule has 1 aromatic carbocycles. The van der Waals surface area contributed by atoms with Crippen LogP contribution in [0.15, 0.2) is 40.3 Å². The van der Waals surface area contributed by atoms with E-state index in [4.69, 9.17) is 4.74 Å². The molecule has 0 fully saturated rings. The lowest BCUT2D eigenvalue weighted by Crippen LogP contribution is -2.37. The molecule has 0 spiro atoms. The van der Waals surface area contributed by atoms with Crippen molar-refractivity contribution in [2.24, 2.45) is 13.0 Å². The number of hydrogen-bond acceptors (Lipinski definition) is 5. The molecule has 0 saturated carbocycles. The first kappa shape index (κ1) is 22.2. The number of aromatic nitrogens is 2. The topological polar surface area (TPSA) is 73.2 Å². The van der Waals surface area contributed by atoms with Gasteiger partial charge < -0.3 is 10.1 Å². The fourth-order valence-corrected chi connectivity index (χ4v) is 3.42. The Morgan fingerprint density at radius 3 is 2.54 bits per heavy atom. The van der Waals surface area contributed by atoms with E-state index in [-0.39, 0.29) is 29.9 Å². The molecule has 1 N–H and O–H groups in total. The molecule has 152 valence electrons. The number of nitrogens with zero attached hydrogens (tertiary/aromatic N) is 2. The van der Waals surface area contributed by atoms with Gasteiger partial charge in [0.25, 0.3) is 5.56 Å². The first-order valence-corrected chi connectivity index (χ1v) is 10.4. The van der Waals surface area contributed by atoms with Gasteiger partial charge >= 0.3 is 0 Å². The van der Waals surface area contributed by atoms with E-state index in [1.165, 1.54) is 16.3 Å². The molecule has 0 aliphatic heterocycles. The Hall–Kier alpha value is -2.12. The molecule has 0 bridgehead atoms. The molecule has 7 heteroatoms. The van der Waals surface area contributed by atoms with Crippen LogP contribution in [0.4, 0.5) is 0 Å². The highest BCUT2D eigenvalue weighted by Gasteiger charge is 2.17. The molecule has 2 aromatic rings. The van der Waals surface area contributed by atoms with Crippen molar-refractivity contribution in [3.63, 3.8) is 0 Å². The van der Waals surface area contributed by atoms with Crippen molar-refractivity contribution in [1.29, 1.82) is 0 Å². The van der Waals surface area contributed by atoms with Gasteiger partial charge in [-0.05, 0) is 18.4 Å². The highest BCUT2D eigenvalue weighted by atomic mass is 32.2. The SMILES string of the molecule is COCc1nc(SCC(=O)N[C@@H](C)C(C)C)n(C)c(=O)c1Cc1ccccc1. The smallest absolute Gasteiger partial charge is 0.257 e. The van der Waals surface area contributed by atoms with Gasteiger partial charge in [-0.25, -0.2) is 4.98 Å². The fourth-order valence-electron chi connectivity index (χ4n) is 2.63. The molecule has 0 unspecified atom stereocenters. The number of benzene rings is 1. The maximum Gasteiger partial charge on any atom is 0.257 e. The second-order valence-corrected chi connectivity index (χ2v) is 8.11. The summed E-state index contributed by atoms with van der Waals surface area (Å²) >= 11 is 1.26. The molecular weight excluding hydrogens is 374 g/mol. The van der Waals surface area contributed by atoms with Crippen molar-refractivity contribution in [2.45, 2.75) is 45.0 Å². The summed E-state index contributed by atoms with van der Waals surface area (Å²) in [5.41, 5.74) is 2.18. The van der Waals surface area contributed by atoms with Crippen molar-refractivity contribution >= 4 is 17.7 Å². The molecule has 0 aliphatic rings. The van der Waals surface area contributed by atoms with Gasteiger partial charge in [0, 0.05) is 32.2 Å². The standard InChI is InChI=1S/C21H29N3O3S/c1-14(2)15(3)22-19(25)13-28-21-23-18(12-27-5)17(20(26)24(21)4)11-16-9-7-6-8-10-16/h6-10,14-15H,11-13H2,1-5H3,(H,22,25)/t15-/m0/s1. The first-order valence-electron chi connectivity index (χ1n) is 9.37. The zero-order chi connectivity index (χ0) is 20.7. The maximum absolute atomic E-state index is 13.0. The van der Waals surface area contributed by atoms with E-state index in [0.717, 1.165) is 5.56 Å². The van der Waals surface area contributed by atoms with Crippen LogP contribution in [-0.4, -0.2) is 34.4 Å². The molecule has 0 radical (unpaired) electrons. The van der Waals surface area contributed by atoms with Crippen LogP contribution in [0.3, 0.4) is 0 Å².